The Labute approximate surface area is 50.4 Å². The zero-order chi connectivity index (χ0) is 6.24. The zero-order valence-corrected chi connectivity index (χ0v) is 4.74. The minimum atomic E-state index is 0.393. The van der Waals surface area contributed by atoms with Gasteiger partial charge in [-0.05, 0) is 6.61 Å². The smallest absolute Gasteiger partial charge is 0.228 e. The average molecular weight is 108 g/mol. The summed E-state index contributed by atoms with van der Waals surface area (Å²) in [6, 6.07) is 0. The minimum absolute atomic E-state index is 0.393. The van der Waals surface area contributed by atoms with Gasteiger partial charge in [-0.3, -0.25) is 0 Å². The van der Waals surface area contributed by atoms with Crippen molar-refractivity contribution in [2.75, 3.05) is 6.61 Å². The van der Waals surface area contributed by atoms with E-state index in [1.54, 1.807) is 0 Å². The molecule has 0 fully saturated rings. The molecular formula is C7H8O. The molecule has 0 aliphatic carbocycles. The summed E-state index contributed by atoms with van der Waals surface area (Å²) < 4.78 is 4.60. The number of hydrogen-bond donors (Lipinski definition) is 0. The minimum Gasteiger partial charge on any atom is -0.480 e. The number of hydrogen-bond acceptors (Lipinski definition) is 1. The second-order valence-corrected chi connectivity index (χ2v) is 1.05. The van der Waals surface area contributed by atoms with Crippen LogP contribution in [-0.4, -0.2) is 6.61 Å². The summed E-state index contributed by atoms with van der Waals surface area (Å²) in [5.74, 6) is 2.65. The fraction of sp³-hybridized carbons (Fsp3) is 0.286. The van der Waals surface area contributed by atoms with Crippen molar-refractivity contribution in [2.45, 2.75) is 6.42 Å². The highest BCUT2D eigenvalue weighted by molar-refractivity contribution is 4.94. The molecule has 0 aromatic carbocycles. The first-order chi connectivity index (χ1) is 3.91. The van der Waals surface area contributed by atoms with E-state index in [2.05, 4.69) is 36.3 Å². The quantitative estimate of drug-likeness (QED) is 0.381. The van der Waals surface area contributed by atoms with Crippen LogP contribution in [-0.2, 0) is 4.74 Å². The Kier molecular flexibility index (Phi) is 5.27. The van der Waals surface area contributed by atoms with Crippen LogP contribution < -0.4 is 0 Å². The van der Waals surface area contributed by atoms with E-state index in [0.717, 1.165) is 0 Å². The second-order valence-electron chi connectivity index (χ2n) is 1.05. The Bertz CT molecular complexity index is 105. The van der Waals surface area contributed by atoms with E-state index >= 15 is 0 Å². The van der Waals surface area contributed by atoms with Crippen LogP contribution in [0.5, 0.6) is 0 Å². The summed E-state index contributed by atoms with van der Waals surface area (Å²) in [7, 11) is 0. The van der Waals surface area contributed by atoms with Crippen molar-refractivity contribution in [3.05, 3.63) is 19.6 Å². The summed E-state index contributed by atoms with van der Waals surface area (Å²) in [5, 5.41) is 0. The van der Waals surface area contributed by atoms with E-state index in [9.17, 15) is 0 Å². The van der Waals surface area contributed by atoms with Gasteiger partial charge in [0.1, 0.15) is 12.7 Å². The standard InChI is InChI=1S/C7H8O/c1-3-5-6-7-8-4-2/h1-2,4-5H2. The molecular weight excluding hydrogens is 100 g/mol. The largest absolute Gasteiger partial charge is 0.480 e. The first-order valence-corrected chi connectivity index (χ1v) is 2.30. The third-order valence-corrected chi connectivity index (χ3v) is 0.460. The van der Waals surface area contributed by atoms with Gasteiger partial charge in [-0.1, -0.05) is 0 Å². The normalized spacial score (nSPS) is 6.12. The van der Waals surface area contributed by atoms with Gasteiger partial charge in [0.05, 0.1) is 0 Å². The van der Waals surface area contributed by atoms with E-state index in [4.69, 9.17) is 0 Å². The predicted octanol–water partition coefficient (Wildman–Crippen LogP) is 1.18. The van der Waals surface area contributed by atoms with E-state index in [1.807, 2.05) is 0 Å². The molecule has 42 valence electrons. The topological polar surface area (TPSA) is 9.23 Å². The van der Waals surface area contributed by atoms with Crippen LogP contribution >= 0.6 is 0 Å². The Hall–Kier alpha value is -0.990. The van der Waals surface area contributed by atoms with Crippen LogP contribution in [0.3, 0.4) is 0 Å². The lowest BCUT2D eigenvalue weighted by atomic mass is 10.4. The highest BCUT2D eigenvalue weighted by Crippen LogP contribution is 1.72. The Morgan fingerprint density at radius 3 is 3.00 bits per heavy atom. The van der Waals surface area contributed by atoms with Gasteiger partial charge in [0.2, 0.25) is 12.5 Å². The summed E-state index contributed by atoms with van der Waals surface area (Å²) in [6.07, 6.45) is 5.58. The molecule has 0 rings (SSSR count). The Morgan fingerprint density at radius 1 is 1.75 bits per heavy atom. The van der Waals surface area contributed by atoms with E-state index in [0.29, 0.717) is 13.0 Å². The lowest BCUT2D eigenvalue weighted by molar-refractivity contribution is 0.319. The van der Waals surface area contributed by atoms with Crippen LogP contribution in [0.15, 0.2) is 6.58 Å². The molecule has 0 saturated heterocycles. The molecule has 1 heteroatoms. The number of ether oxygens (including phenoxy) is 1. The lowest BCUT2D eigenvalue weighted by Gasteiger charge is -1.88. The molecule has 0 spiro atoms. The average Bonchev–Trinajstić information content (AvgIpc) is 1.81. The van der Waals surface area contributed by atoms with Crippen LogP contribution in [0.4, 0.5) is 0 Å². The van der Waals surface area contributed by atoms with Gasteiger partial charge in [-0.15, -0.1) is 0 Å². The molecule has 0 amide bonds. The fourth-order valence-electron chi connectivity index (χ4n) is 0.201. The molecule has 0 aliphatic heterocycles. The highest BCUT2D eigenvalue weighted by atomic mass is 16.5. The van der Waals surface area contributed by atoms with Gasteiger partial charge in [-0.2, -0.15) is 0 Å². The second kappa shape index (κ2) is 6.01. The van der Waals surface area contributed by atoms with Crippen LogP contribution in [0.1, 0.15) is 6.42 Å². The zero-order valence-electron chi connectivity index (χ0n) is 4.74. The van der Waals surface area contributed by atoms with Gasteiger partial charge in [-0.25, -0.2) is 0 Å². The predicted molar refractivity (Wildman–Crippen MR) is 32.6 cm³/mol. The van der Waals surface area contributed by atoms with Gasteiger partial charge in [0.25, 0.3) is 0 Å². The monoisotopic (exact) mass is 108 g/mol. The molecule has 0 unspecified atom stereocenters. The molecule has 0 heterocycles. The molecule has 0 saturated carbocycles. The SMILES string of the molecule is C=[C+]CC#COC[CH2-]. The highest BCUT2D eigenvalue weighted by Gasteiger charge is 1.76. The molecule has 0 radical (unpaired) electrons. The summed E-state index contributed by atoms with van der Waals surface area (Å²) in [4.78, 5) is 0. The van der Waals surface area contributed by atoms with Gasteiger partial charge in [0.15, 0.2) is 0 Å². The van der Waals surface area contributed by atoms with Crippen LogP contribution in [0, 0.1) is 25.0 Å². The summed E-state index contributed by atoms with van der Waals surface area (Å²) in [6.45, 7) is 7.18. The third kappa shape index (κ3) is 5.01. The van der Waals surface area contributed by atoms with Crippen molar-refractivity contribution >= 4 is 0 Å². The molecule has 0 aromatic rings. The molecule has 0 atom stereocenters. The van der Waals surface area contributed by atoms with E-state index in [1.165, 1.54) is 0 Å². The van der Waals surface area contributed by atoms with Crippen LogP contribution in [0.2, 0.25) is 0 Å². The van der Waals surface area contributed by atoms with Crippen molar-refractivity contribution in [3.8, 4) is 12.0 Å². The van der Waals surface area contributed by atoms with Crippen molar-refractivity contribution < 1.29 is 4.74 Å². The first-order valence-electron chi connectivity index (χ1n) is 2.30. The molecule has 0 bridgehead atoms. The molecule has 1 nitrogen and oxygen atoms in total. The molecule has 0 aromatic heterocycles. The summed E-state index contributed by atoms with van der Waals surface area (Å²) >= 11 is 0. The van der Waals surface area contributed by atoms with Crippen molar-refractivity contribution in [2.24, 2.45) is 0 Å². The maximum Gasteiger partial charge on any atom is 0.228 e. The number of allylic oxidation sites excluding steroid dienone is 1. The van der Waals surface area contributed by atoms with Crippen molar-refractivity contribution in [1.29, 1.82) is 0 Å². The van der Waals surface area contributed by atoms with Gasteiger partial charge in [0, 0.05) is 5.92 Å². The molecule has 0 aliphatic rings. The Balaban J connectivity index is 3.07. The molecule has 0 N–H and O–H groups in total. The Morgan fingerprint density at radius 2 is 2.50 bits per heavy atom. The fourth-order valence-corrected chi connectivity index (χ4v) is 0.201. The van der Waals surface area contributed by atoms with E-state index < -0.39 is 0 Å². The number of rotatable bonds is 2. The van der Waals surface area contributed by atoms with Gasteiger partial charge >= 0.3 is 0 Å². The van der Waals surface area contributed by atoms with Gasteiger partial charge < -0.3 is 11.7 Å². The first kappa shape index (κ1) is 7.01. The lowest BCUT2D eigenvalue weighted by Crippen LogP contribution is -1.76. The summed E-state index contributed by atoms with van der Waals surface area (Å²) in [5.41, 5.74) is 0. The molecule has 8 heavy (non-hydrogen) atoms. The van der Waals surface area contributed by atoms with Crippen LogP contribution in [0.25, 0.3) is 0 Å². The van der Waals surface area contributed by atoms with Crippen molar-refractivity contribution in [3.63, 3.8) is 0 Å². The maximum atomic E-state index is 4.60. The third-order valence-electron chi connectivity index (χ3n) is 0.460. The maximum absolute atomic E-state index is 4.60. The van der Waals surface area contributed by atoms with E-state index in [-0.39, 0.29) is 0 Å². The van der Waals surface area contributed by atoms with Crippen molar-refractivity contribution in [1.82, 2.24) is 0 Å².